The monoisotopic (exact) mass is 597 g/mol. The molecule has 7 rings (SSSR count). The van der Waals surface area contributed by atoms with Gasteiger partial charge in [-0.2, -0.15) is 5.10 Å². The Hall–Kier alpha value is -5.36. The molecule has 2 aromatic carbocycles. The first kappa shape index (κ1) is 26.5. The lowest BCUT2D eigenvalue weighted by molar-refractivity contribution is 0.126. The molecule has 1 atom stereocenters. The molecule has 1 aliphatic heterocycles. The third-order valence-corrected chi connectivity index (χ3v) is 7.29. The van der Waals surface area contributed by atoms with Crippen LogP contribution in [0.15, 0.2) is 76.8 Å². The van der Waals surface area contributed by atoms with E-state index in [1.807, 2.05) is 37.3 Å². The first-order chi connectivity index (χ1) is 21.0. The molecule has 43 heavy (non-hydrogen) atoms. The summed E-state index contributed by atoms with van der Waals surface area (Å²) in [6.07, 6.45) is 4.76. The van der Waals surface area contributed by atoms with Crippen LogP contribution in [0.25, 0.3) is 11.3 Å². The van der Waals surface area contributed by atoms with Crippen molar-refractivity contribution in [3.63, 3.8) is 0 Å². The van der Waals surface area contributed by atoms with E-state index in [9.17, 15) is 0 Å². The van der Waals surface area contributed by atoms with Crippen LogP contribution in [0.3, 0.4) is 0 Å². The molecule has 0 spiro atoms. The van der Waals surface area contributed by atoms with Crippen LogP contribution in [0.1, 0.15) is 39.9 Å². The number of halogens is 1. The van der Waals surface area contributed by atoms with E-state index >= 15 is 0 Å². The van der Waals surface area contributed by atoms with Gasteiger partial charge in [0.15, 0.2) is 29.6 Å². The van der Waals surface area contributed by atoms with Gasteiger partial charge in [-0.15, -0.1) is 5.10 Å². The van der Waals surface area contributed by atoms with Gasteiger partial charge >= 0.3 is 0 Å². The molecule has 0 N–H and O–H groups in total. The molecule has 5 heterocycles. The quantitative estimate of drug-likeness (QED) is 0.160. The fraction of sp³-hybridized carbons (Fsp3) is 0.167. The molecule has 0 bridgehead atoms. The Morgan fingerprint density at radius 3 is 2.63 bits per heavy atom. The molecule has 12 nitrogen and oxygen atoms in total. The summed E-state index contributed by atoms with van der Waals surface area (Å²) in [7, 11) is 3.16. The normalized spacial score (nSPS) is 14.0. The average molecular weight is 598 g/mol. The number of hydrogen-bond donors (Lipinski definition) is 0. The van der Waals surface area contributed by atoms with Crippen LogP contribution in [0, 0.1) is 6.92 Å². The Bertz CT molecular complexity index is 1970. The molecule has 13 heteroatoms. The maximum atomic E-state index is 6.40. The minimum Gasteiger partial charge on any atom is -0.493 e. The molecule has 0 saturated heterocycles. The predicted octanol–water partition coefficient (Wildman–Crippen LogP) is 5.72. The summed E-state index contributed by atoms with van der Waals surface area (Å²) in [5.74, 6) is 2.85. The number of nitrogens with zero attached hydrogens (tertiary/aromatic N) is 7. The van der Waals surface area contributed by atoms with E-state index in [0.29, 0.717) is 51.1 Å². The van der Waals surface area contributed by atoms with Crippen molar-refractivity contribution in [3.8, 4) is 28.9 Å². The number of rotatable bonds is 8. The van der Waals surface area contributed by atoms with E-state index < -0.39 is 5.92 Å². The summed E-state index contributed by atoms with van der Waals surface area (Å²) in [6, 6.07) is 16.6. The van der Waals surface area contributed by atoms with Gasteiger partial charge in [0.1, 0.15) is 12.1 Å². The van der Waals surface area contributed by atoms with Crippen LogP contribution >= 0.6 is 11.6 Å². The Morgan fingerprint density at radius 1 is 1.02 bits per heavy atom. The van der Waals surface area contributed by atoms with Crippen molar-refractivity contribution in [1.29, 1.82) is 0 Å². The zero-order valence-corrected chi connectivity index (χ0v) is 24.0. The van der Waals surface area contributed by atoms with E-state index in [0.717, 1.165) is 22.5 Å². The zero-order valence-electron chi connectivity index (χ0n) is 23.3. The van der Waals surface area contributed by atoms with Gasteiger partial charge in [0.05, 0.1) is 55.1 Å². The van der Waals surface area contributed by atoms with Gasteiger partial charge in [-0.25, -0.2) is 19.2 Å². The molecule has 4 aromatic heterocycles. The largest absolute Gasteiger partial charge is 0.493 e. The van der Waals surface area contributed by atoms with Gasteiger partial charge in [-0.1, -0.05) is 16.8 Å². The fourth-order valence-electron chi connectivity index (χ4n) is 5.11. The summed E-state index contributed by atoms with van der Waals surface area (Å²) in [5, 5.41) is 14.1. The number of furan rings is 1. The number of methoxy groups -OCH3 is 2. The first-order valence-corrected chi connectivity index (χ1v) is 13.6. The molecule has 6 aromatic rings. The van der Waals surface area contributed by atoms with Gasteiger partial charge in [-0.05, 0) is 61.5 Å². The fourth-order valence-corrected chi connectivity index (χ4v) is 5.23. The van der Waals surface area contributed by atoms with E-state index in [1.165, 1.54) is 0 Å². The highest BCUT2D eigenvalue weighted by molar-refractivity contribution is 6.30. The number of ether oxygens (including phenoxy) is 3. The van der Waals surface area contributed by atoms with Crippen LogP contribution in [-0.2, 0) is 11.4 Å². The van der Waals surface area contributed by atoms with Crippen LogP contribution in [0.2, 0.25) is 5.02 Å². The summed E-state index contributed by atoms with van der Waals surface area (Å²) in [6.45, 7) is 1.97. The lowest BCUT2D eigenvalue weighted by Crippen LogP contribution is -2.15. The number of oxime groups is 1. The van der Waals surface area contributed by atoms with Crippen molar-refractivity contribution in [2.24, 2.45) is 5.16 Å². The number of benzene rings is 2. The highest BCUT2D eigenvalue weighted by Gasteiger charge is 2.39. The lowest BCUT2D eigenvalue weighted by atomic mass is 9.88. The summed E-state index contributed by atoms with van der Waals surface area (Å²) in [5.41, 5.74) is 4.45. The van der Waals surface area contributed by atoms with Gasteiger partial charge < -0.3 is 23.5 Å². The number of hydrogen-bond acceptors (Lipinski definition) is 10. The summed E-state index contributed by atoms with van der Waals surface area (Å²) in [4.78, 5) is 14.9. The number of aryl methyl sites for hydroxylation is 1. The van der Waals surface area contributed by atoms with Crippen LogP contribution < -0.4 is 14.2 Å². The Labute approximate surface area is 250 Å². The van der Waals surface area contributed by atoms with Crippen LogP contribution in [-0.4, -0.2) is 49.8 Å². The third-order valence-electron chi connectivity index (χ3n) is 7.04. The molecule has 0 aliphatic carbocycles. The standard InChI is InChI=1S/C30H24ClN7O5/c1-17-25-26(22-5-4-12-41-22)27-28-34-24(15-42-33-14-18-6-11-21(39-2)23(13-18)40-3)36-37(28)16-32-29(27)43-30(25)38(35-17)20-9-7-19(31)8-10-20/h4-14,16,26H,15H2,1-3H3/b33-14+/t26-/m0/s1. The van der Waals surface area contributed by atoms with Crippen LogP contribution in [0.4, 0.5) is 0 Å². The first-order valence-electron chi connectivity index (χ1n) is 13.2. The SMILES string of the molecule is COc1ccc(/C=N/OCc2nc3c4c(ncn3n2)Oc2c(c(C)nn2-c2ccc(Cl)cc2)[C@@H]4c2ccco2)cc1OC. The maximum absolute atomic E-state index is 6.40. The van der Waals surface area contributed by atoms with Crippen molar-refractivity contribution in [2.75, 3.05) is 14.2 Å². The number of aromatic nitrogens is 6. The van der Waals surface area contributed by atoms with Gasteiger partial charge in [0.25, 0.3) is 0 Å². The molecule has 0 radical (unpaired) electrons. The molecule has 1 aliphatic rings. The summed E-state index contributed by atoms with van der Waals surface area (Å²) < 4.78 is 26.3. The van der Waals surface area contributed by atoms with E-state index in [4.69, 9.17) is 45.1 Å². The van der Waals surface area contributed by atoms with Crippen LogP contribution in [0.5, 0.6) is 23.3 Å². The average Bonchev–Trinajstić information content (AvgIpc) is 3.78. The predicted molar refractivity (Wildman–Crippen MR) is 156 cm³/mol. The molecule has 0 amide bonds. The van der Waals surface area contributed by atoms with E-state index in [-0.39, 0.29) is 6.61 Å². The lowest BCUT2D eigenvalue weighted by Gasteiger charge is -2.24. The summed E-state index contributed by atoms with van der Waals surface area (Å²) >= 11 is 6.13. The van der Waals surface area contributed by atoms with E-state index in [2.05, 4.69) is 15.2 Å². The molecule has 0 fully saturated rings. The Balaban J connectivity index is 1.22. The van der Waals surface area contributed by atoms with Crippen molar-refractivity contribution in [3.05, 3.63) is 106 Å². The van der Waals surface area contributed by atoms with Crippen molar-refractivity contribution < 1.29 is 23.5 Å². The Morgan fingerprint density at radius 2 is 1.86 bits per heavy atom. The maximum Gasteiger partial charge on any atom is 0.230 e. The molecular formula is C30H24ClN7O5. The van der Waals surface area contributed by atoms with Crippen molar-refractivity contribution in [2.45, 2.75) is 19.4 Å². The Kier molecular flexibility index (Phi) is 6.67. The highest BCUT2D eigenvalue weighted by Crippen LogP contribution is 2.49. The minimum atomic E-state index is -0.396. The van der Waals surface area contributed by atoms with Gasteiger partial charge in [-0.3, -0.25) is 0 Å². The van der Waals surface area contributed by atoms with Gasteiger partial charge in [0, 0.05) is 10.6 Å². The van der Waals surface area contributed by atoms with E-state index in [1.54, 1.807) is 66.5 Å². The topological polar surface area (TPSA) is 123 Å². The smallest absolute Gasteiger partial charge is 0.230 e. The second kappa shape index (κ2) is 10.8. The minimum absolute atomic E-state index is 0.0330. The molecule has 0 saturated carbocycles. The highest BCUT2D eigenvalue weighted by atomic mass is 35.5. The molecule has 0 unspecified atom stereocenters. The second-order valence-electron chi connectivity index (χ2n) is 9.62. The van der Waals surface area contributed by atoms with Crippen molar-refractivity contribution in [1.82, 2.24) is 29.4 Å². The zero-order chi connectivity index (χ0) is 29.5. The molecule has 216 valence electrons. The third kappa shape index (κ3) is 4.71. The second-order valence-corrected chi connectivity index (χ2v) is 10.1. The van der Waals surface area contributed by atoms with Crippen molar-refractivity contribution >= 4 is 23.5 Å². The molecular weight excluding hydrogens is 574 g/mol. The van der Waals surface area contributed by atoms with Gasteiger partial charge in [0.2, 0.25) is 11.8 Å². The number of fused-ring (bicyclic) bond motifs is 4.